The van der Waals surface area contributed by atoms with Crippen molar-refractivity contribution in [3.8, 4) is 11.5 Å². The van der Waals surface area contributed by atoms with Gasteiger partial charge in [0.2, 0.25) is 5.91 Å². The highest BCUT2D eigenvalue weighted by atomic mass is 19.1. The van der Waals surface area contributed by atoms with Crippen molar-refractivity contribution in [1.29, 1.82) is 0 Å². The lowest BCUT2D eigenvalue weighted by atomic mass is 9.79. The number of benzene rings is 2. The van der Waals surface area contributed by atoms with Crippen molar-refractivity contribution in [2.24, 2.45) is 11.7 Å². The molecule has 5 heteroatoms. The molecule has 2 aromatic carbocycles. The van der Waals surface area contributed by atoms with Crippen molar-refractivity contribution in [2.45, 2.75) is 44.4 Å². The molecule has 150 valence electrons. The third-order valence-corrected chi connectivity index (χ3v) is 5.53. The summed E-state index contributed by atoms with van der Waals surface area (Å²) in [4.78, 5) is 10.9. The van der Waals surface area contributed by atoms with E-state index in [4.69, 9.17) is 15.2 Å². The van der Waals surface area contributed by atoms with Gasteiger partial charge in [-0.15, -0.1) is 0 Å². The van der Waals surface area contributed by atoms with Gasteiger partial charge in [-0.3, -0.25) is 4.79 Å². The topological polar surface area (TPSA) is 61.6 Å². The van der Waals surface area contributed by atoms with Gasteiger partial charge in [0.1, 0.15) is 17.3 Å². The van der Waals surface area contributed by atoms with Gasteiger partial charge in [0.05, 0.1) is 13.7 Å². The van der Waals surface area contributed by atoms with E-state index in [1.54, 1.807) is 13.2 Å². The molecule has 0 unspecified atom stereocenters. The van der Waals surface area contributed by atoms with Crippen LogP contribution in [0.3, 0.4) is 0 Å². The molecule has 1 saturated carbocycles. The Bertz CT molecular complexity index is 800. The number of carbonyl (C=O) groups excluding carboxylic acids is 1. The number of rotatable bonds is 8. The molecule has 1 aliphatic rings. The maximum Gasteiger partial charge on any atom is 0.217 e. The predicted molar refractivity (Wildman–Crippen MR) is 107 cm³/mol. The third-order valence-electron chi connectivity index (χ3n) is 5.53. The number of hydrogen-bond acceptors (Lipinski definition) is 3. The summed E-state index contributed by atoms with van der Waals surface area (Å²) >= 11 is 0. The quantitative estimate of drug-likeness (QED) is 0.722. The maximum absolute atomic E-state index is 14.2. The van der Waals surface area contributed by atoms with Crippen molar-refractivity contribution in [1.82, 2.24) is 0 Å². The fourth-order valence-electron chi connectivity index (χ4n) is 3.87. The molecule has 0 atom stereocenters. The van der Waals surface area contributed by atoms with Gasteiger partial charge >= 0.3 is 0 Å². The summed E-state index contributed by atoms with van der Waals surface area (Å²) in [6.07, 6.45) is 4.91. The van der Waals surface area contributed by atoms with Gasteiger partial charge < -0.3 is 15.2 Å². The van der Waals surface area contributed by atoms with Gasteiger partial charge in [-0.05, 0) is 85.4 Å². The summed E-state index contributed by atoms with van der Waals surface area (Å²) in [5.74, 6) is 1.80. The average Bonchev–Trinajstić information content (AvgIpc) is 2.72. The van der Waals surface area contributed by atoms with E-state index in [-0.39, 0.29) is 17.6 Å². The minimum Gasteiger partial charge on any atom is -0.497 e. The number of halogens is 1. The van der Waals surface area contributed by atoms with Crippen LogP contribution >= 0.6 is 0 Å². The van der Waals surface area contributed by atoms with Gasteiger partial charge in [-0.2, -0.15) is 0 Å². The molecule has 3 rings (SSSR count). The molecule has 2 N–H and O–H groups in total. The van der Waals surface area contributed by atoms with E-state index in [0.717, 1.165) is 42.6 Å². The molecular weight excluding hydrogens is 357 g/mol. The Labute approximate surface area is 165 Å². The minimum absolute atomic E-state index is 0.145. The highest BCUT2D eigenvalue weighted by Gasteiger charge is 2.25. The number of primary amides is 1. The van der Waals surface area contributed by atoms with E-state index in [0.29, 0.717) is 31.1 Å². The van der Waals surface area contributed by atoms with E-state index in [1.807, 2.05) is 30.3 Å². The SMILES string of the molecule is COc1ccc(F)c(C2CCC(COc3cccc(CCC(N)=O)c3)CC2)c1. The first kappa shape index (κ1) is 20.2. The van der Waals surface area contributed by atoms with Crippen LogP contribution in [0.2, 0.25) is 0 Å². The average molecular weight is 385 g/mol. The van der Waals surface area contributed by atoms with E-state index in [9.17, 15) is 9.18 Å². The second-order valence-corrected chi connectivity index (χ2v) is 7.53. The summed E-state index contributed by atoms with van der Waals surface area (Å²) in [5.41, 5.74) is 7.03. The fraction of sp³-hybridized carbons (Fsp3) is 0.435. The molecule has 1 amide bonds. The van der Waals surface area contributed by atoms with Crippen LogP contribution in [0.1, 0.15) is 49.1 Å². The number of hydrogen-bond donors (Lipinski definition) is 1. The van der Waals surface area contributed by atoms with Crippen LogP contribution in [0.25, 0.3) is 0 Å². The standard InChI is InChI=1S/C23H28FNO3/c1-27-19-10-11-22(24)21(14-19)18-8-5-17(6-9-18)15-28-20-4-2-3-16(13-20)7-12-23(25)26/h2-4,10-11,13-14,17-18H,5-9,12,15H2,1H3,(H2,25,26). The number of nitrogens with two attached hydrogens (primary N) is 1. The van der Waals surface area contributed by atoms with E-state index < -0.39 is 0 Å². The lowest BCUT2D eigenvalue weighted by molar-refractivity contribution is -0.117. The first-order valence-electron chi connectivity index (χ1n) is 9.88. The Morgan fingerprint density at radius 3 is 2.61 bits per heavy atom. The summed E-state index contributed by atoms with van der Waals surface area (Å²) in [5, 5.41) is 0. The zero-order chi connectivity index (χ0) is 19.9. The molecular formula is C23H28FNO3. The molecule has 0 spiro atoms. The largest absolute Gasteiger partial charge is 0.497 e. The summed E-state index contributed by atoms with van der Waals surface area (Å²) in [7, 11) is 1.61. The van der Waals surface area contributed by atoms with E-state index >= 15 is 0 Å². The Hall–Kier alpha value is -2.56. The van der Waals surface area contributed by atoms with Crippen molar-refractivity contribution in [3.05, 3.63) is 59.4 Å². The second-order valence-electron chi connectivity index (χ2n) is 7.53. The molecule has 2 aromatic rings. The van der Waals surface area contributed by atoms with Gasteiger partial charge in [0, 0.05) is 6.42 Å². The number of aryl methyl sites for hydroxylation is 1. The summed E-state index contributed by atoms with van der Waals surface area (Å²) in [6.45, 7) is 0.659. The van der Waals surface area contributed by atoms with Crippen LogP contribution in [-0.4, -0.2) is 19.6 Å². The first-order valence-corrected chi connectivity index (χ1v) is 9.88. The molecule has 28 heavy (non-hydrogen) atoms. The van der Waals surface area contributed by atoms with Crippen molar-refractivity contribution in [3.63, 3.8) is 0 Å². The van der Waals surface area contributed by atoms with Gasteiger partial charge in [-0.1, -0.05) is 12.1 Å². The Kier molecular flexibility index (Phi) is 6.90. The van der Waals surface area contributed by atoms with E-state index in [1.165, 1.54) is 6.07 Å². The normalized spacial score (nSPS) is 19.2. The van der Waals surface area contributed by atoms with Crippen molar-refractivity contribution in [2.75, 3.05) is 13.7 Å². The zero-order valence-corrected chi connectivity index (χ0v) is 16.3. The van der Waals surface area contributed by atoms with Crippen LogP contribution in [0.4, 0.5) is 4.39 Å². The predicted octanol–water partition coefficient (Wildman–Crippen LogP) is 4.61. The molecule has 0 aromatic heterocycles. The number of amides is 1. The van der Waals surface area contributed by atoms with Gasteiger partial charge in [0.15, 0.2) is 0 Å². The minimum atomic E-state index is -0.296. The molecule has 0 heterocycles. The maximum atomic E-state index is 14.2. The summed E-state index contributed by atoms with van der Waals surface area (Å²) < 4.78 is 25.4. The van der Waals surface area contributed by atoms with Gasteiger partial charge in [-0.25, -0.2) is 4.39 Å². The lowest BCUT2D eigenvalue weighted by Gasteiger charge is -2.29. The fourth-order valence-corrected chi connectivity index (χ4v) is 3.87. The molecule has 0 aliphatic heterocycles. The molecule has 1 fully saturated rings. The van der Waals surface area contributed by atoms with Crippen LogP contribution < -0.4 is 15.2 Å². The Morgan fingerprint density at radius 1 is 1.11 bits per heavy atom. The Balaban J connectivity index is 1.50. The number of carbonyl (C=O) groups is 1. The molecule has 4 nitrogen and oxygen atoms in total. The summed E-state index contributed by atoms with van der Waals surface area (Å²) in [6, 6.07) is 12.8. The lowest BCUT2D eigenvalue weighted by Crippen LogP contribution is -2.20. The Morgan fingerprint density at radius 2 is 1.89 bits per heavy atom. The highest BCUT2D eigenvalue weighted by Crippen LogP contribution is 2.38. The highest BCUT2D eigenvalue weighted by molar-refractivity contribution is 5.74. The van der Waals surface area contributed by atoms with Crippen LogP contribution in [-0.2, 0) is 11.2 Å². The van der Waals surface area contributed by atoms with Crippen LogP contribution in [0, 0.1) is 11.7 Å². The van der Waals surface area contributed by atoms with Crippen LogP contribution in [0.5, 0.6) is 11.5 Å². The molecule has 0 saturated heterocycles. The number of methoxy groups -OCH3 is 1. The molecule has 0 radical (unpaired) electrons. The second kappa shape index (κ2) is 9.58. The monoisotopic (exact) mass is 385 g/mol. The van der Waals surface area contributed by atoms with Gasteiger partial charge in [0.25, 0.3) is 0 Å². The molecule has 1 aliphatic carbocycles. The smallest absolute Gasteiger partial charge is 0.217 e. The number of ether oxygens (including phenoxy) is 2. The third kappa shape index (κ3) is 5.47. The first-order chi connectivity index (χ1) is 13.5. The van der Waals surface area contributed by atoms with Crippen molar-refractivity contribution < 1.29 is 18.7 Å². The zero-order valence-electron chi connectivity index (χ0n) is 16.3. The van der Waals surface area contributed by atoms with Crippen molar-refractivity contribution >= 4 is 5.91 Å². The van der Waals surface area contributed by atoms with E-state index in [2.05, 4.69) is 0 Å². The van der Waals surface area contributed by atoms with Crippen LogP contribution in [0.15, 0.2) is 42.5 Å². The molecule has 0 bridgehead atoms.